The maximum absolute atomic E-state index is 8.82. The van der Waals surface area contributed by atoms with Gasteiger partial charge in [0, 0.05) is 31.1 Å². The van der Waals surface area contributed by atoms with Gasteiger partial charge in [0.05, 0.1) is 18.8 Å². The van der Waals surface area contributed by atoms with Gasteiger partial charge in [-0.3, -0.25) is 0 Å². The second-order valence-electron chi connectivity index (χ2n) is 2.65. The first kappa shape index (κ1) is 9.02. The largest absolute Gasteiger partial charge is 0.542 e. The molecule has 3 nitrogen and oxygen atoms in total. The molecule has 2 aliphatic rings. The average molecular weight is 367 g/mol. The molecule has 0 aromatic heterocycles. The molecule has 0 spiro atoms. The minimum absolute atomic E-state index is 0. The molecule has 2 bridgehead atoms. The molecule has 0 saturated carbocycles. The molecule has 0 aliphatic carbocycles. The number of hydrogen-bond donors (Lipinski definition) is 1. The molecule has 2 fully saturated rings. The summed E-state index contributed by atoms with van der Waals surface area (Å²) in [7, 11) is 0. The molecule has 0 aromatic rings. The third-order valence-corrected chi connectivity index (χ3v) is 1.89. The molecular formula is C6H9O3U-. The van der Waals surface area contributed by atoms with E-state index in [1.165, 1.54) is 0 Å². The Bertz CT molecular complexity index is 120. The molecule has 56 valence electrons. The summed E-state index contributed by atoms with van der Waals surface area (Å²) in [6.07, 6.45) is 0.959. The van der Waals surface area contributed by atoms with E-state index in [1.807, 2.05) is 0 Å². The smallest absolute Gasteiger partial charge is 0.0822 e. The molecule has 1 N–H and O–H groups in total. The van der Waals surface area contributed by atoms with Gasteiger partial charge in [-0.25, -0.2) is 0 Å². The van der Waals surface area contributed by atoms with Crippen LogP contribution in [0, 0.1) is 37.7 Å². The van der Waals surface area contributed by atoms with Crippen LogP contribution in [-0.4, -0.2) is 30.0 Å². The van der Waals surface area contributed by atoms with Gasteiger partial charge in [-0.05, 0) is 12.5 Å². The van der Waals surface area contributed by atoms with Gasteiger partial charge < -0.3 is 14.6 Å². The van der Waals surface area contributed by atoms with Crippen molar-refractivity contribution in [3.63, 3.8) is 0 Å². The van der Waals surface area contributed by atoms with Crippen LogP contribution < -0.4 is 0 Å². The Morgan fingerprint density at radius 2 is 2.50 bits per heavy atom. The second-order valence-corrected chi connectivity index (χ2v) is 2.65. The summed E-state index contributed by atoms with van der Waals surface area (Å²) >= 11 is 0. The number of aliphatic hydroxyl groups excluding tert-OH is 1. The van der Waals surface area contributed by atoms with Crippen molar-refractivity contribution in [2.24, 2.45) is 0 Å². The van der Waals surface area contributed by atoms with Crippen LogP contribution in [0.4, 0.5) is 0 Å². The van der Waals surface area contributed by atoms with Crippen LogP contribution in [0.2, 0.25) is 0 Å². The summed E-state index contributed by atoms with van der Waals surface area (Å²) in [5.74, 6) is 0. The van der Waals surface area contributed by atoms with Crippen molar-refractivity contribution in [1.82, 2.24) is 0 Å². The van der Waals surface area contributed by atoms with Crippen molar-refractivity contribution in [3.05, 3.63) is 6.61 Å². The van der Waals surface area contributed by atoms with E-state index < -0.39 is 0 Å². The minimum Gasteiger partial charge on any atom is -0.542 e. The number of rotatable bonds is 1. The van der Waals surface area contributed by atoms with Crippen LogP contribution in [0.25, 0.3) is 0 Å². The van der Waals surface area contributed by atoms with Gasteiger partial charge in [0.1, 0.15) is 0 Å². The molecular weight excluding hydrogens is 358 g/mol. The zero-order valence-electron chi connectivity index (χ0n) is 5.54. The monoisotopic (exact) mass is 367 g/mol. The normalized spacial score (nSPS) is 43.5. The molecule has 2 atom stereocenters. The fraction of sp³-hybridized carbons (Fsp3) is 0.833. The molecule has 10 heavy (non-hydrogen) atoms. The first-order valence-electron chi connectivity index (χ1n) is 3.08. The van der Waals surface area contributed by atoms with Crippen molar-refractivity contribution in [2.75, 3.05) is 13.2 Å². The quantitative estimate of drug-likeness (QED) is 0.647. The van der Waals surface area contributed by atoms with Gasteiger partial charge in [-0.15, -0.1) is 0 Å². The Kier molecular flexibility index (Phi) is 2.82. The van der Waals surface area contributed by atoms with E-state index in [4.69, 9.17) is 14.6 Å². The predicted molar refractivity (Wildman–Crippen MR) is 29.6 cm³/mol. The molecule has 0 unspecified atom stereocenters. The first-order chi connectivity index (χ1) is 4.35. The summed E-state index contributed by atoms with van der Waals surface area (Å²) in [6, 6.07) is 0. The van der Waals surface area contributed by atoms with Gasteiger partial charge in [-0.2, -0.15) is 6.61 Å². The molecule has 2 heterocycles. The van der Waals surface area contributed by atoms with E-state index >= 15 is 0 Å². The standard InChI is InChI=1S/C6H9O3.U/c7-3-6-1-5(2-9-6)8-4-6;/h2,5,7H,1,3-4H2;/q-1;/t5-,6+;/m1./s1. The second kappa shape index (κ2) is 3.12. The summed E-state index contributed by atoms with van der Waals surface area (Å²) in [5.41, 5.74) is -0.370. The van der Waals surface area contributed by atoms with Crippen LogP contribution >= 0.6 is 0 Å². The SMILES string of the molecule is OC[C@@]12CO[C@@H]([CH-]O1)C2.[U]. The van der Waals surface area contributed by atoms with Crippen molar-refractivity contribution in [1.29, 1.82) is 0 Å². The predicted octanol–water partition coefficient (Wildman–Crippen LogP) is -0.302. The van der Waals surface area contributed by atoms with Gasteiger partial charge in [0.25, 0.3) is 0 Å². The third kappa shape index (κ3) is 1.28. The van der Waals surface area contributed by atoms with Crippen molar-refractivity contribution >= 4 is 0 Å². The van der Waals surface area contributed by atoms with Crippen molar-refractivity contribution in [3.8, 4) is 0 Å². The fourth-order valence-corrected chi connectivity index (χ4v) is 1.28. The Balaban J connectivity index is 0.000000500. The zero-order chi connectivity index (χ0) is 6.32. The molecule has 2 aliphatic heterocycles. The van der Waals surface area contributed by atoms with Gasteiger partial charge in [-0.1, -0.05) is 0 Å². The van der Waals surface area contributed by atoms with Gasteiger partial charge in [0.15, 0.2) is 0 Å². The Morgan fingerprint density at radius 1 is 1.70 bits per heavy atom. The number of hydrogen-bond acceptors (Lipinski definition) is 3. The molecule has 4 heteroatoms. The number of ether oxygens (including phenoxy) is 2. The summed E-state index contributed by atoms with van der Waals surface area (Å²) in [5, 5.41) is 8.82. The maximum atomic E-state index is 8.82. The fourth-order valence-electron chi connectivity index (χ4n) is 1.28. The minimum atomic E-state index is -0.370. The van der Waals surface area contributed by atoms with Gasteiger partial charge in [0.2, 0.25) is 0 Å². The van der Waals surface area contributed by atoms with E-state index in [-0.39, 0.29) is 49.4 Å². The molecule has 0 amide bonds. The maximum Gasteiger partial charge on any atom is 0.0822 e. The molecule has 0 aromatic carbocycles. The first-order valence-corrected chi connectivity index (χ1v) is 3.08. The summed E-state index contributed by atoms with van der Waals surface area (Å²) < 4.78 is 10.4. The van der Waals surface area contributed by atoms with Crippen LogP contribution in [0.5, 0.6) is 0 Å². The average Bonchev–Trinajstić information content (AvgIpc) is 2.46. The van der Waals surface area contributed by atoms with E-state index in [1.54, 1.807) is 6.61 Å². The Hall–Kier alpha value is 0.932. The molecule has 2 saturated heterocycles. The van der Waals surface area contributed by atoms with E-state index in [2.05, 4.69) is 0 Å². The van der Waals surface area contributed by atoms with E-state index in [9.17, 15) is 0 Å². The van der Waals surface area contributed by atoms with E-state index in [0.717, 1.165) is 6.42 Å². The van der Waals surface area contributed by atoms with Crippen molar-refractivity contribution < 1.29 is 45.7 Å². The van der Waals surface area contributed by atoms with Crippen LogP contribution in [0.3, 0.4) is 0 Å². The van der Waals surface area contributed by atoms with E-state index in [0.29, 0.717) is 6.61 Å². The van der Waals surface area contributed by atoms with Crippen LogP contribution in [0.15, 0.2) is 0 Å². The van der Waals surface area contributed by atoms with Crippen LogP contribution in [-0.2, 0) is 9.47 Å². The number of fused-ring (bicyclic) bond motifs is 2. The third-order valence-electron chi connectivity index (χ3n) is 1.89. The van der Waals surface area contributed by atoms with Gasteiger partial charge >= 0.3 is 0 Å². The Labute approximate surface area is 83.5 Å². The van der Waals surface area contributed by atoms with Crippen molar-refractivity contribution in [2.45, 2.75) is 18.1 Å². The summed E-state index contributed by atoms with van der Waals surface area (Å²) in [6.45, 7) is 2.28. The number of aliphatic hydroxyl groups is 1. The summed E-state index contributed by atoms with van der Waals surface area (Å²) in [4.78, 5) is 0. The topological polar surface area (TPSA) is 38.7 Å². The molecule has 2 rings (SSSR count). The zero-order valence-corrected chi connectivity index (χ0v) is 9.70. The van der Waals surface area contributed by atoms with Crippen LogP contribution in [0.1, 0.15) is 6.42 Å². The Morgan fingerprint density at radius 3 is 2.70 bits per heavy atom. The molecule has 0 radical (unpaired) electrons.